The molecule has 0 saturated carbocycles. The van der Waals surface area contributed by atoms with Crippen molar-refractivity contribution in [3.05, 3.63) is 83.3 Å². The highest BCUT2D eigenvalue weighted by molar-refractivity contribution is 5.84. The van der Waals surface area contributed by atoms with E-state index < -0.39 is 0 Å². The fraction of sp³-hybridized carbons (Fsp3) is 0.296. The summed E-state index contributed by atoms with van der Waals surface area (Å²) in [5.41, 5.74) is 7.26. The lowest BCUT2D eigenvalue weighted by Crippen LogP contribution is -2.46. The molecule has 0 spiro atoms. The Hall–Kier alpha value is -3.69. The third-order valence-corrected chi connectivity index (χ3v) is 6.46. The van der Waals surface area contributed by atoms with Crippen LogP contribution in [0.4, 0.5) is 5.82 Å². The Kier molecular flexibility index (Phi) is 5.80. The Balaban J connectivity index is 1.28. The van der Waals surface area contributed by atoms with E-state index >= 15 is 0 Å². The standard InChI is InChI=1S/C27H28N6/c1-3-21-4-6-22(7-5-21)19-31-10-12-32(13-11-31)26-9-8-23(16-29-26)25-14-20(2)18-33-27(25)24(15-28)17-30-33/h4-9,14,16-18H,3,10-13,19H2,1-2H3. The van der Waals surface area contributed by atoms with E-state index in [1.165, 1.54) is 11.1 Å². The van der Waals surface area contributed by atoms with E-state index in [1.54, 1.807) is 10.7 Å². The van der Waals surface area contributed by atoms with E-state index in [-0.39, 0.29) is 0 Å². The van der Waals surface area contributed by atoms with Crippen LogP contribution in [-0.4, -0.2) is 45.7 Å². The van der Waals surface area contributed by atoms with Gasteiger partial charge in [-0.25, -0.2) is 9.50 Å². The minimum absolute atomic E-state index is 0.578. The molecule has 33 heavy (non-hydrogen) atoms. The number of hydrogen-bond donors (Lipinski definition) is 0. The van der Waals surface area contributed by atoms with Crippen LogP contribution in [-0.2, 0) is 13.0 Å². The molecule has 0 N–H and O–H groups in total. The molecule has 6 nitrogen and oxygen atoms in total. The molecule has 166 valence electrons. The van der Waals surface area contributed by atoms with Crippen molar-refractivity contribution in [2.45, 2.75) is 26.8 Å². The molecule has 5 rings (SSSR count). The zero-order valence-corrected chi connectivity index (χ0v) is 19.2. The first-order valence-corrected chi connectivity index (χ1v) is 11.5. The SMILES string of the molecule is CCc1ccc(CN2CCN(c3ccc(-c4cc(C)cn5ncc(C#N)c45)cn3)CC2)cc1. The zero-order chi connectivity index (χ0) is 22.8. The first kappa shape index (κ1) is 21.2. The minimum atomic E-state index is 0.578. The topological polar surface area (TPSA) is 60.5 Å². The van der Waals surface area contributed by atoms with Crippen LogP contribution in [0.3, 0.4) is 0 Å². The predicted octanol–water partition coefficient (Wildman–Crippen LogP) is 4.46. The normalized spacial score (nSPS) is 14.5. The van der Waals surface area contributed by atoms with Crippen molar-refractivity contribution in [2.75, 3.05) is 31.1 Å². The van der Waals surface area contributed by atoms with Crippen LogP contribution in [0.15, 0.2) is 61.1 Å². The zero-order valence-electron chi connectivity index (χ0n) is 19.2. The lowest BCUT2D eigenvalue weighted by Gasteiger charge is -2.35. The molecular formula is C27H28N6. The van der Waals surface area contributed by atoms with Gasteiger partial charge in [0.2, 0.25) is 0 Å². The number of fused-ring (bicyclic) bond motifs is 1. The Bertz CT molecular complexity index is 1290. The quantitative estimate of drug-likeness (QED) is 0.462. The number of nitrogens with zero attached hydrogens (tertiary/aromatic N) is 6. The molecular weight excluding hydrogens is 408 g/mol. The van der Waals surface area contributed by atoms with Gasteiger partial charge in [-0.2, -0.15) is 10.4 Å². The Morgan fingerprint density at radius 3 is 2.39 bits per heavy atom. The van der Waals surface area contributed by atoms with Crippen molar-refractivity contribution in [1.82, 2.24) is 19.5 Å². The molecule has 1 aliphatic rings. The fourth-order valence-corrected chi connectivity index (χ4v) is 4.56. The van der Waals surface area contributed by atoms with Crippen molar-refractivity contribution >= 4 is 11.3 Å². The van der Waals surface area contributed by atoms with Crippen LogP contribution in [0.2, 0.25) is 0 Å². The van der Waals surface area contributed by atoms with E-state index in [1.807, 2.05) is 19.3 Å². The van der Waals surface area contributed by atoms with Gasteiger partial charge in [0.1, 0.15) is 11.9 Å². The van der Waals surface area contributed by atoms with Gasteiger partial charge in [0.25, 0.3) is 0 Å². The second-order valence-corrected chi connectivity index (χ2v) is 8.73. The maximum Gasteiger partial charge on any atom is 0.128 e. The highest BCUT2D eigenvalue weighted by Crippen LogP contribution is 2.29. The summed E-state index contributed by atoms with van der Waals surface area (Å²) in [7, 11) is 0. The summed E-state index contributed by atoms with van der Waals surface area (Å²) in [6.45, 7) is 9.22. The molecule has 0 unspecified atom stereocenters. The summed E-state index contributed by atoms with van der Waals surface area (Å²) < 4.78 is 1.78. The van der Waals surface area contributed by atoms with Crippen molar-refractivity contribution < 1.29 is 0 Å². The van der Waals surface area contributed by atoms with Gasteiger partial charge in [0.15, 0.2) is 0 Å². The maximum absolute atomic E-state index is 9.49. The molecule has 1 aliphatic heterocycles. The predicted molar refractivity (Wildman–Crippen MR) is 131 cm³/mol. The summed E-state index contributed by atoms with van der Waals surface area (Å²) in [5, 5.41) is 13.8. The van der Waals surface area contributed by atoms with Gasteiger partial charge in [-0.3, -0.25) is 4.90 Å². The summed E-state index contributed by atoms with van der Waals surface area (Å²) in [6, 6.07) is 17.5. The van der Waals surface area contributed by atoms with E-state index in [0.29, 0.717) is 5.56 Å². The van der Waals surface area contributed by atoms with Crippen molar-refractivity contribution in [3.63, 3.8) is 0 Å². The number of anilines is 1. The lowest BCUT2D eigenvalue weighted by molar-refractivity contribution is 0.249. The smallest absolute Gasteiger partial charge is 0.128 e. The van der Waals surface area contributed by atoms with Crippen LogP contribution in [0.5, 0.6) is 0 Å². The first-order valence-electron chi connectivity index (χ1n) is 11.5. The Morgan fingerprint density at radius 2 is 1.73 bits per heavy atom. The number of rotatable bonds is 5. The third kappa shape index (κ3) is 4.33. The molecule has 1 fully saturated rings. The van der Waals surface area contributed by atoms with Crippen molar-refractivity contribution in [3.8, 4) is 17.2 Å². The molecule has 0 bridgehead atoms. The van der Waals surface area contributed by atoms with Crippen LogP contribution < -0.4 is 4.90 Å². The number of aryl methyl sites for hydroxylation is 2. The average molecular weight is 437 g/mol. The van der Waals surface area contributed by atoms with Gasteiger partial charge in [0, 0.05) is 56.2 Å². The Labute approximate surface area is 194 Å². The van der Waals surface area contributed by atoms with Crippen LogP contribution >= 0.6 is 0 Å². The molecule has 0 atom stereocenters. The maximum atomic E-state index is 9.49. The van der Waals surface area contributed by atoms with Gasteiger partial charge in [-0.05, 0) is 48.2 Å². The number of aromatic nitrogens is 3. The average Bonchev–Trinajstić information content (AvgIpc) is 3.27. The van der Waals surface area contributed by atoms with E-state index in [4.69, 9.17) is 4.98 Å². The summed E-state index contributed by atoms with van der Waals surface area (Å²) in [6.07, 6.45) is 6.57. The number of pyridine rings is 2. The van der Waals surface area contributed by atoms with Gasteiger partial charge in [0.05, 0.1) is 17.3 Å². The van der Waals surface area contributed by atoms with Gasteiger partial charge < -0.3 is 4.90 Å². The lowest BCUT2D eigenvalue weighted by atomic mass is 10.0. The molecule has 3 aromatic heterocycles. The largest absolute Gasteiger partial charge is 0.354 e. The summed E-state index contributed by atoms with van der Waals surface area (Å²) in [4.78, 5) is 9.64. The molecule has 6 heteroatoms. The monoisotopic (exact) mass is 436 g/mol. The second-order valence-electron chi connectivity index (χ2n) is 8.73. The van der Waals surface area contributed by atoms with Gasteiger partial charge in [-0.15, -0.1) is 0 Å². The summed E-state index contributed by atoms with van der Waals surface area (Å²) >= 11 is 0. The van der Waals surface area contributed by atoms with Crippen LogP contribution in [0.25, 0.3) is 16.6 Å². The van der Waals surface area contributed by atoms with E-state index in [2.05, 4.69) is 70.4 Å². The Morgan fingerprint density at radius 1 is 0.970 bits per heavy atom. The molecule has 4 aromatic rings. The van der Waals surface area contributed by atoms with E-state index in [0.717, 1.165) is 67.2 Å². The van der Waals surface area contributed by atoms with Crippen LogP contribution in [0.1, 0.15) is 29.2 Å². The van der Waals surface area contributed by atoms with Crippen molar-refractivity contribution in [2.24, 2.45) is 0 Å². The summed E-state index contributed by atoms with van der Waals surface area (Å²) in [5.74, 6) is 1.00. The highest BCUT2D eigenvalue weighted by atomic mass is 15.3. The number of piperazine rings is 1. The first-order chi connectivity index (χ1) is 16.1. The second kappa shape index (κ2) is 9.05. The van der Waals surface area contributed by atoms with Crippen LogP contribution in [0, 0.1) is 18.3 Å². The number of nitriles is 1. The number of hydrogen-bond acceptors (Lipinski definition) is 5. The van der Waals surface area contributed by atoms with E-state index in [9.17, 15) is 5.26 Å². The molecule has 1 saturated heterocycles. The molecule has 0 radical (unpaired) electrons. The van der Waals surface area contributed by atoms with Gasteiger partial charge >= 0.3 is 0 Å². The fourth-order valence-electron chi connectivity index (χ4n) is 4.56. The highest BCUT2D eigenvalue weighted by Gasteiger charge is 2.19. The molecule has 0 amide bonds. The van der Waals surface area contributed by atoms with Crippen molar-refractivity contribution in [1.29, 1.82) is 5.26 Å². The molecule has 4 heterocycles. The third-order valence-electron chi connectivity index (χ3n) is 6.46. The number of benzene rings is 1. The minimum Gasteiger partial charge on any atom is -0.354 e. The molecule has 1 aromatic carbocycles. The van der Waals surface area contributed by atoms with Gasteiger partial charge in [-0.1, -0.05) is 31.2 Å². The molecule has 0 aliphatic carbocycles.